The van der Waals surface area contributed by atoms with Crippen LogP contribution < -0.4 is 0 Å². The van der Waals surface area contributed by atoms with Gasteiger partial charge in [0.15, 0.2) is 8.32 Å². The van der Waals surface area contributed by atoms with Crippen molar-refractivity contribution in [2.75, 3.05) is 6.61 Å². The minimum absolute atomic E-state index is 0.0247. The van der Waals surface area contributed by atoms with Gasteiger partial charge in [0.05, 0.1) is 18.1 Å². The van der Waals surface area contributed by atoms with Crippen LogP contribution in [0.1, 0.15) is 32.6 Å². The zero-order chi connectivity index (χ0) is 12.7. The van der Waals surface area contributed by atoms with Crippen LogP contribution in [-0.4, -0.2) is 26.5 Å². The predicted molar refractivity (Wildman–Crippen MR) is 69.2 cm³/mol. The lowest BCUT2D eigenvalue weighted by atomic mass is 9.98. The average molecular weight is 256 g/mol. The van der Waals surface area contributed by atoms with Crippen LogP contribution in [0.15, 0.2) is 0 Å². The summed E-state index contributed by atoms with van der Waals surface area (Å²) in [6.45, 7) is 8.96. The molecular weight excluding hydrogens is 232 g/mol. The number of fused-ring (bicyclic) bond motifs is 1. The fourth-order valence-electron chi connectivity index (χ4n) is 3.37. The molecule has 0 aromatic heterocycles. The van der Waals surface area contributed by atoms with Crippen molar-refractivity contribution in [2.45, 2.75) is 57.8 Å². The largest absolute Gasteiger partial charge is 0.466 e. The van der Waals surface area contributed by atoms with Crippen LogP contribution in [0, 0.1) is 11.8 Å². The fraction of sp³-hybridized carbons (Fsp3) is 0.923. The van der Waals surface area contributed by atoms with Gasteiger partial charge in [-0.25, -0.2) is 0 Å². The van der Waals surface area contributed by atoms with E-state index in [0.29, 0.717) is 12.5 Å². The first-order valence-electron chi connectivity index (χ1n) is 6.77. The van der Waals surface area contributed by atoms with E-state index in [1.165, 1.54) is 12.8 Å². The van der Waals surface area contributed by atoms with Crippen LogP contribution >= 0.6 is 0 Å². The quantitative estimate of drug-likeness (QED) is 0.573. The Morgan fingerprint density at radius 1 is 1.35 bits per heavy atom. The molecule has 17 heavy (non-hydrogen) atoms. The smallest absolute Gasteiger partial charge is 0.312 e. The number of esters is 1. The Morgan fingerprint density at radius 2 is 2.06 bits per heavy atom. The highest BCUT2D eigenvalue weighted by Crippen LogP contribution is 2.62. The third-order valence-corrected chi connectivity index (χ3v) is 4.81. The van der Waals surface area contributed by atoms with E-state index < -0.39 is 8.32 Å². The monoisotopic (exact) mass is 256 g/mol. The van der Waals surface area contributed by atoms with Gasteiger partial charge in [-0.15, -0.1) is 0 Å². The van der Waals surface area contributed by atoms with Crippen LogP contribution in [-0.2, 0) is 14.0 Å². The van der Waals surface area contributed by atoms with Crippen molar-refractivity contribution >= 4 is 14.3 Å². The van der Waals surface area contributed by atoms with Crippen LogP contribution in [0.3, 0.4) is 0 Å². The normalized spacial score (nSPS) is 36.2. The van der Waals surface area contributed by atoms with Crippen molar-refractivity contribution < 1.29 is 14.0 Å². The second kappa shape index (κ2) is 4.39. The third-order valence-electron chi connectivity index (χ3n) is 3.82. The summed E-state index contributed by atoms with van der Waals surface area (Å²) in [5.74, 6) is 0.427. The van der Waals surface area contributed by atoms with E-state index in [1.807, 2.05) is 6.92 Å². The maximum absolute atomic E-state index is 12.0. The minimum atomic E-state index is -1.59. The highest BCUT2D eigenvalue weighted by molar-refractivity contribution is 6.69. The van der Waals surface area contributed by atoms with E-state index in [-0.39, 0.29) is 17.5 Å². The first-order valence-corrected chi connectivity index (χ1v) is 10.2. The molecule has 0 N–H and O–H groups in total. The Hall–Kier alpha value is -0.353. The molecule has 0 aromatic carbocycles. The van der Waals surface area contributed by atoms with E-state index in [1.54, 1.807) is 0 Å². The predicted octanol–water partition coefficient (Wildman–Crippen LogP) is 2.96. The summed E-state index contributed by atoms with van der Waals surface area (Å²) in [4.78, 5) is 12.0. The molecule has 0 spiro atoms. The number of hydrogen-bond donors (Lipinski definition) is 0. The molecule has 0 aromatic rings. The van der Waals surface area contributed by atoms with Crippen molar-refractivity contribution in [3.05, 3.63) is 0 Å². The second-order valence-corrected chi connectivity index (χ2v) is 10.7. The first-order chi connectivity index (χ1) is 7.91. The number of hydrogen-bond acceptors (Lipinski definition) is 3. The van der Waals surface area contributed by atoms with E-state index in [0.717, 1.165) is 12.8 Å². The van der Waals surface area contributed by atoms with Gasteiger partial charge in [0.25, 0.3) is 0 Å². The van der Waals surface area contributed by atoms with Gasteiger partial charge < -0.3 is 9.16 Å². The first kappa shape index (κ1) is 13.1. The fourth-order valence-corrected chi connectivity index (χ4v) is 4.89. The van der Waals surface area contributed by atoms with Gasteiger partial charge in [-0.1, -0.05) is 12.8 Å². The van der Waals surface area contributed by atoms with Crippen molar-refractivity contribution in [3.8, 4) is 0 Å². The third kappa shape index (κ3) is 2.43. The van der Waals surface area contributed by atoms with Crippen molar-refractivity contribution in [2.24, 2.45) is 11.8 Å². The number of carbonyl (C=O) groups excluding carboxylic acids is 1. The zero-order valence-electron chi connectivity index (χ0n) is 11.4. The molecule has 4 heteroatoms. The van der Waals surface area contributed by atoms with Crippen molar-refractivity contribution in [3.63, 3.8) is 0 Å². The van der Waals surface area contributed by atoms with Crippen molar-refractivity contribution in [1.82, 2.24) is 0 Å². The molecule has 0 radical (unpaired) electrons. The Bertz CT molecular complexity index is 310. The maximum atomic E-state index is 12.0. The molecule has 2 aliphatic carbocycles. The van der Waals surface area contributed by atoms with E-state index in [2.05, 4.69) is 19.6 Å². The molecule has 0 bridgehead atoms. The van der Waals surface area contributed by atoms with Gasteiger partial charge in [0.1, 0.15) is 0 Å². The second-order valence-electron chi connectivity index (χ2n) is 6.25. The van der Waals surface area contributed by atoms with Gasteiger partial charge in [-0.3, -0.25) is 4.79 Å². The van der Waals surface area contributed by atoms with Crippen LogP contribution in [0.5, 0.6) is 0 Å². The molecule has 98 valence electrons. The maximum Gasteiger partial charge on any atom is 0.312 e. The highest BCUT2D eigenvalue weighted by atomic mass is 28.4. The number of carbonyl (C=O) groups is 1. The standard InChI is InChI=1S/C13H24O3Si/c1-5-15-12(14)11-10-8-6-7-9-13(10,11)16-17(2,3)4/h10-11H,5-9H2,1-4H3/t10-,11+,13+/m0/s1. The summed E-state index contributed by atoms with van der Waals surface area (Å²) >= 11 is 0. The Labute approximate surface area is 105 Å². The molecule has 3 nitrogen and oxygen atoms in total. The summed E-state index contributed by atoms with van der Waals surface area (Å²) < 4.78 is 11.6. The lowest BCUT2D eigenvalue weighted by molar-refractivity contribution is -0.146. The zero-order valence-corrected chi connectivity index (χ0v) is 12.4. The molecule has 2 rings (SSSR count). The minimum Gasteiger partial charge on any atom is -0.466 e. The van der Waals surface area contributed by atoms with E-state index in [4.69, 9.17) is 9.16 Å². The Balaban J connectivity index is 2.10. The molecule has 2 saturated carbocycles. The molecule has 0 amide bonds. The summed E-state index contributed by atoms with van der Waals surface area (Å²) in [7, 11) is -1.59. The van der Waals surface area contributed by atoms with Gasteiger partial charge >= 0.3 is 5.97 Å². The summed E-state index contributed by atoms with van der Waals surface area (Å²) in [5, 5.41) is 0. The molecule has 3 atom stereocenters. The van der Waals surface area contributed by atoms with Gasteiger partial charge in [-0.2, -0.15) is 0 Å². The van der Waals surface area contributed by atoms with Crippen LogP contribution in [0.25, 0.3) is 0 Å². The SMILES string of the molecule is CCOC(=O)[C@H]1[C@@H]2CCCC[C@@]21O[Si](C)(C)C. The van der Waals surface area contributed by atoms with Crippen molar-refractivity contribution in [1.29, 1.82) is 0 Å². The molecule has 0 unspecified atom stereocenters. The summed E-state index contributed by atoms with van der Waals surface area (Å²) in [5.41, 5.74) is -0.144. The highest BCUT2D eigenvalue weighted by Gasteiger charge is 2.70. The van der Waals surface area contributed by atoms with Gasteiger partial charge in [0.2, 0.25) is 0 Å². The molecule has 0 saturated heterocycles. The van der Waals surface area contributed by atoms with Gasteiger partial charge in [-0.05, 0) is 39.4 Å². The van der Waals surface area contributed by atoms with E-state index >= 15 is 0 Å². The molecule has 0 heterocycles. The summed E-state index contributed by atoms with van der Waals surface area (Å²) in [6, 6.07) is 0. The van der Waals surface area contributed by atoms with Crippen LogP contribution in [0.2, 0.25) is 19.6 Å². The topological polar surface area (TPSA) is 35.5 Å². The molecule has 0 aliphatic heterocycles. The lowest BCUT2D eigenvalue weighted by Crippen LogP contribution is -2.37. The number of ether oxygens (including phenoxy) is 1. The molecule has 2 aliphatic rings. The summed E-state index contributed by atoms with van der Waals surface area (Å²) in [6.07, 6.45) is 4.60. The Morgan fingerprint density at radius 3 is 2.65 bits per heavy atom. The number of rotatable bonds is 4. The molecular formula is C13H24O3Si. The Kier molecular flexibility index (Phi) is 3.38. The van der Waals surface area contributed by atoms with Crippen LogP contribution in [0.4, 0.5) is 0 Å². The molecule has 2 fully saturated rings. The van der Waals surface area contributed by atoms with E-state index in [9.17, 15) is 4.79 Å². The van der Waals surface area contributed by atoms with Gasteiger partial charge in [0, 0.05) is 5.92 Å². The average Bonchev–Trinajstić information content (AvgIpc) is 2.83. The lowest BCUT2D eigenvalue weighted by Gasteiger charge is -2.30.